The van der Waals surface area contributed by atoms with Crippen molar-refractivity contribution in [3.05, 3.63) is 41.2 Å². The number of anilines is 3. The van der Waals surface area contributed by atoms with Crippen LogP contribution in [0.15, 0.2) is 30.6 Å². The number of hydrogen-bond acceptors (Lipinski definition) is 4. The third kappa shape index (κ3) is 2.41. The fourth-order valence-electron chi connectivity index (χ4n) is 1.31. The van der Waals surface area contributed by atoms with Gasteiger partial charge in [-0.3, -0.25) is 0 Å². The van der Waals surface area contributed by atoms with Gasteiger partial charge in [0.15, 0.2) is 0 Å². The van der Waals surface area contributed by atoms with Gasteiger partial charge in [0.25, 0.3) is 0 Å². The molecule has 0 aliphatic heterocycles. The van der Waals surface area contributed by atoms with Gasteiger partial charge in [-0.25, -0.2) is 9.97 Å². The van der Waals surface area contributed by atoms with Crippen LogP contribution in [0.3, 0.4) is 0 Å². The molecule has 1 heterocycles. The zero-order chi connectivity index (χ0) is 11.5. The van der Waals surface area contributed by atoms with Crippen LogP contribution in [0.25, 0.3) is 0 Å². The molecule has 16 heavy (non-hydrogen) atoms. The van der Waals surface area contributed by atoms with Gasteiger partial charge in [-0.1, -0.05) is 17.7 Å². The van der Waals surface area contributed by atoms with Gasteiger partial charge in [-0.15, -0.1) is 0 Å². The van der Waals surface area contributed by atoms with Crippen molar-refractivity contribution in [2.45, 2.75) is 6.92 Å². The summed E-state index contributed by atoms with van der Waals surface area (Å²) in [4.78, 5) is 7.86. The molecule has 4 nitrogen and oxygen atoms in total. The highest BCUT2D eigenvalue weighted by Crippen LogP contribution is 2.25. The van der Waals surface area contributed by atoms with E-state index in [1.807, 2.05) is 25.1 Å². The molecule has 0 saturated carbocycles. The first-order chi connectivity index (χ1) is 7.65. The first-order valence-corrected chi connectivity index (χ1v) is 5.13. The Kier molecular flexibility index (Phi) is 2.92. The molecular formula is C11H11ClN4. The zero-order valence-electron chi connectivity index (χ0n) is 8.74. The summed E-state index contributed by atoms with van der Waals surface area (Å²) in [5, 5.41) is 3.73. The molecule has 2 aromatic rings. The Bertz CT molecular complexity index is 513. The predicted molar refractivity (Wildman–Crippen MR) is 65.9 cm³/mol. The van der Waals surface area contributed by atoms with E-state index in [0.717, 1.165) is 11.3 Å². The number of hydrogen-bond donors (Lipinski definition) is 2. The molecule has 0 amide bonds. The monoisotopic (exact) mass is 234 g/mol. The second-order valence-electron chi connectivity index (χ2n) is 3.44. The smallest absolute Gasteiger partial charge is 0.135 e. The van der Waals surface area contributed by atoms with Crippen LogP contribution in [0.2, 0.25) is 5.02 Å². The minimum absolute atomic E-state index is 0.418. The molecular weight excluding hydrogens is 224 g/mol. The third-order valence-corrected chi connectivity index (χ3v) is 2.40. The normalized spacial score (nSPS) is 10.1. The molecule has 0 unspecified atom stereocenters. The van der Waals surface area contributed by atoms with Crippen LogP contribution in [0.1, 0.15) is 5.56 Å². The second kappa shape index (κ2) is 4.37. The lowest BCUT2D eigenvalue weighted by atomic mass is 10.2. The lowest BCUT2D eigenvalue weighted by Crippen LogP contribution is -1.98. The highest BCUT2D eigenvalue weighted by molar-refractivity contribution is 6.33. The number of aromatic nitrogens is 2. The van der Waals surface area contributed by atoms with Crippen LogP contribution in [0, 0.1) is 6.92 Å². The minimum atomic E-state index is 0.418. The first-order valence-electron chi connectivity index (χ1n) is 4.76. The lowest BCUT2D eigenvalue weighted by molar-refractivity contribution is 1.17. The van der Waals surface area contributed by atoms with Gasteiger partial charge in [0.2, 0.25) is 0 Å². The van der Waals surface area contributed by atoms with E-state index in [4.69, 9.17) is 17.3 Å². The summed E-state index contributed by atoms with van der Waals surface area (Å²) in [7, 11) is 0. The van der Waals surface area contributed by atoms with E-state index in [9.17, 15) is 0 Å². The average Bonchev–Trinajstić information content (AvgIpc) is 2.24. The number of rotatable bonds is 2. The Labute approximate surface area is 98.5 Å². The summed E-state index contributed by atoms with van der Waals surface area (Å²) in [5.41, 5.74) is 7.48. The maximum absolute atomic E-state index is 6.05. The van der Waals surface area contributed by atoms with Crippen LogP contribution in [0.4, 0.5) is 17.3 Å². The summed E-state index contributed by atoms with van der Waals surface area (Å²) < 4.78 is 0. The minimum Gasteiger partial charge on any atom is -0.384 e. The van der Waals surface area contributed by atoms with Gasteiger partial charge >= 0.3 is 0 Å². The molecule has 5 heteroatoms. The topological polar surface area (TPSA) is 63.8 Å². The number of nitrogens with two attached hydrogens (primary N) is 1. The van der Waals surface area contributed by atoms with Gasteiger partial charge in [-0.05, 0) is 24.6 Å². The maximum Gasteiger partial charge on any atom is 0.135 e. The quantitative estimate of drug-likeness (QED) is 0.839. The molecule has 0 aliphatic carbocycles. The van der Waals surface area contributed by atoms with Crippen molar-refractivity contribution in [2.24, 2.45) is 0 Å². The van der Waals surface area contributed by atoms with Crippen molar-refractivity contribution in [3.63, 3.8) is 0 Å². The molecule has 3 N–H and O–H groups in total. The third-order valence-electron chi connectivity index (χ3n) is 2.07. The Hall–Kier alpha value is -1.81. The molecule has 0 saturated heterocycles. The molecule has 0 atom stereocenters. The van der Waals surface area contributed by atoms with E-state index < -0.39 is 0 Å². The van der Waals surface area contributed by atoms with Crippen molar-refractivity contribution in [3.8, 4) is 0 Å². The van der Waals surface area contributed by atoms with E-state index in [0.29, 0.717) is 16.7 Å². The van der Waals surface area contributed by atoms with E-state index in [1.54, 1.807) is 6.07 Å². The molecule has 0 fully saturated rings. The molecule has 2 rings (SSSR count). The van der Waals surface area contributed by atoms with Crippen LogP contribution >= 0.6 is 11.6 Å². The molecule has 1 aromatic heterocycles. The number of nitrogen functional groups attached to an aromatic ring is 1. The van der Waals surface area contributed by atoms with Gasteiger partial charge in [0.1, 0.15) is 18.0 Å². The van der Waals surface area contributed by atoms with Crippen LogP contribution < -0.4 is 11.1 Å². The van der Waals surface area contributed by atoms with Crippen molar-refractivity contribution >= 4 is 28.9 Å². The van der Waals surface area contributed by atoms with Gasteiger partial charge in [-0.2, -0.15) is 0 Å². The Morgan fingerprint density at radius 3 is 2.81 bits per heavy atom. The van der Waals surface area contributed by atoms with E-state index in [1.165, 1.54) is 6.33 Å². The van der Waals surface area contributed by atoms with E-state index >= 15 is 0 Å². The Balaban J connectivity index is 2.30. The highest BCUT2D eigenvalue weighted by atomic mass is 35.5. The fourth-order valence-corrected chi connectivity index (χ4v) is 1.48. The standard InChI is InChI=1S/C11H11ClN4/c1-7-2-3-8(12)9(4-7)16-11-5-10(13)14-6-15-11/h2-6H,1H3,(H3,13,14,15,16). The molecule has 0 bridgehead atoms. The number of nitrogens with zero attached hydrogens (tertiary/aromatic N) is 2. The van der Waals surface area contributed by atoms with Crippen molar-refractivity contribution in [2.75, 3.05) is 11.1 Å². The second-order valence-corrected chi connectivity index (χ2v) is 3.84. The predicted octanol–water partition coefficient (Wildman–Crippen LogP) is 2.76. The zero-order valence-corrected chi connectivity index (χ0v) is 9.49. The van der Waals surface area contributed by atoms with Gasteiger partial charge in [0.05, 0.1) is 10.7 Å². The summed E-state index contributed by atoms with van der Waals surface area (Å²) in [5.74, 6) is 1.04. The molecule has 1 aromatic carbocycles. The Morgan fingerprint density at radius 2 is 2.06 bits per heavy atom. The van der Waals surface area contributed by atoms with Crippen LogP contribution in [-0.2, 0) is 0 Å². The van der Waals surface area contributed by atoms with Gasteiger partial charge in [0, 0.05) is 6.07 Å². The maximum atomic E-state index is 6.05. The van der Waals surface area contributed by atoms with E-state index in [-0.39, 0.29) is 0 Å². The average molecular weight is 235 g/mol. The molecule has 0 radical (unpaired) electrons. The first kappa shape index (κ1) is 10.7. The molecule has 0 spiro atoms. The SMILES string of the molecule is Cc1ccc(Cl)c(Nc2cc(N)ncn2)c1. The summed E-state index contributed by atoms with van der Waals surface area (Å²) >= 11 is 6.05. The van der Waals surface area contributed by atoms with Gasteiger partial charge < -0.3 is 11.1 Å². The van der Waals surface area contributed by atoms with Crippen molar-refractivity contribution in [1.29, 1.82) is 0 Å². The summed E-state index contributed by atoms with van der Waals surface area (Å²) in [6.45, 7) is 2.00. The van der Waals surface area contributed by atoms with E-state index in [2.05, 4.69) is 15.3 Å². The molecule has 82 valence electrons. The summed E-state index contributed by atoms with van der Waals surface area (Å²) in [6.07, 6.45) is 1.40. The lowest BCUT2D eigenvalue weighted by Gasteiger charge is -2.08. The molecule has 0 aliphatic rings. The van der Waals surface area contributed by atoms with Crippen LogP contribution in [-0.4, -0.2) is 9.97 Å². The largest absolute Gasteiger partial charge is 0.384 e. The van der Waals surface area contributed by atoms with Crippen molar-refractivity contribution in [1.82, 2.24) is 9.97 Å². The van der Waals surface area contributed by atoms with Crippen LogP contribution in [0.5, 0.6) is 0 Å². The highest BCUT2D eigenvalue weighted by Gasteiger charge is 2.02. The Morgan fingerprint density at radius 1 is 1.25 bits per heavy atom. The number of aryl methyl sites for hydroxylation is 1. The van der Waals surface area contributed by atoms with Crippen molar-refractivity contribution < 1.29 is 0 Å². The fraction of sp³-hybridized carbons (Fsp3) is 0.0909. The number of benzene rings is 1. The number of halogens is 1. The number of nitrogens with one attached hydrogen (secondary N) is 1. The summed E-state index contributed by atoms with van der Waals surface area (Å²) in [6, 6.07) is 7.38.